The van der Waals surface area contributed by atoms with Crippen LogP contribution in [-0.2, 0) is 13.8 Å². The first kappa shape index (κ1) is 13.0. The van der Waals surface area contributed by atoms with Crippen molar-refractivity contribution in [2.45, 2.75) is 24.4 Å². The molecule has 0 radical (unpaired) electrons. The zero-order valence-electron chi connectivity index (χ0n) is 7.63. The smallest absolute Gasteiger partial charge is 0.394 e. The van der Waals surface area contributed by atoms with Crippen molar-refractivity contribution in [2.75, 3.05) is 13.2 Å². The van der Waals surface area contributed by atoms with Crippen LogP contribution in [0.3, 0.4) is 0 Å². The number of aliphatic hydroxyl groups is 3. The Morgan fingerprint density at radius 2 is 2.07 bits per heavy atom. The molecule has 1 aliphatic rings. The van der Waals surface area contributed by atoms with Crippen LogP contribution >= 0.6 is 7.82 Å². The molecule has 0 aromatic rings. The van der Waals surface area contributed by atoms with Gasteiger partial charge in [-0.1, -0.05) is 0 Å². The predicted octanol–water partition coefficient (Wildman–Crippen LogP) is -2.42. The molecular formula is C6H13O8P. The third kappa shape index (κ3) is 3.47. The summed E-state index contributed by atoms with van der Waals surface area (Å²) in [4.78, 5) is 17.0. The molecule has 4 atom stereocenters. The van der Waals surface area contributed by atoms with Gasteiger partial charge in [0.2, 0.25) is 0 Å². The Labute approximate surface area is 85.3 Å². The third-order valence-electron chi connectivity index (χ3n) is 2.01. The van der Waals surface area contributed by atoms with Crippen molar-refractivity contribution >= 4 is 7.82 Å². The molecule has 1 aliphatic heterocycles. The average molecular weight is 244 g/mol. The average Bonchev–Trinajstić information content (AvgIpc) is 2.43. The van der Waals surface area contributed by atoms with Gasteiger partial charge in [0.25, 0.3) is 0 Å². The Morgan fingerprint density at radius 1 is 1.47 bits per heavy atom. The standard InChI is InChI=1S/C6H13O8P/c7-1-4(14-15(10,11)12)6-5(9)3(8)2-13-6/h3-9H,1-2H2,(H2,10,11,12)/t3-,4+,5+,6+/m0/s1. The van der Waals surface area contributed by atoms with E-state index in [1.165, 1.54) is 0 Å². The van der Waals surface area contributed by atoms with Crippen molar-refractivity contribution in [1.82, 2.24) is 0 Å². The second-order valence-corrected chi connectivity index (χ2v) is 4.36. The summed E-state index contributed by atoms with van der Waals surface area (Å²) < 4.78 is 19.6. The van der Waals surface area contributed by atoms with E-state index in [-0.39, 0.29) is 6.61 Å². The van der Waals surface area contributed by atoms with Crippen LogP contribution in [-0.4, -0.2) is 62.7 Å². The second kappa shape index (κ2) is 4.86. The predicted molar refractivity (Wildman–Crippen MR) is 45.8 cm³/mol. The summed E-state index contributed by atoms with van der Waals surface area (Å²) in [6, 6.07) is 0. The quantitative estimate of drug-likeness (QED) is 0.344. The lowest BCUT2D eigenvalue weighted by molar-refractivity contribution is -0.0657. The van der Waals surface area contributed by atoms with Gasteiger partial charge in [-0.2, -0.15) is 0 Å². The van der Waals surface area contributed by atoms with Gasteiger partial charge >= 0.3 is 7.82 Å². The highest BCUT2D eigenvalue weighted by molar-refractivity contribution is 7.46. The lowest BCUT2D eigenvalue weighted by Gasteiger charge is -2.23. The zero-order chi connectivity index (χ0) is 11.6. The van der Waals surface area contributed by atoms with Crippen LogP contribution in [0.2, 0.25) is 0 Å². The van der Waals surface area contributed by atoms with Gasteiger partial charge in [0, 0.05) is 0 Å². The van der Waals surface area contributed by atoms with E-state index in [4.69, 9.17) is 24.7 Å². The van der Waals surface area contributed by atoms with Gasteiger partial charge in [-0.25, -0.2) is 4.57 Å². The van der Waals surface area contributed by atoms with Gasteiger partial charge in [-0.3, -0.25) is 4.52 Å². The van der Waals surface area contributed by atoms with Gasteiger partial charge in [-0.05, 0) is 0 Å². The molecule has 1 fully saturated rings. The van der Waals surface area contributed by atoms with Gasteiger partial charge < -0.3 is 29.8 Å². The molecule has 0 saturated carbocycles. The number of ether oxygens (including phenoxy) is 1. The molecular weight excluding hydrogens is 231 g/mol. The summed E-state index contributed by atoms with van der Waals surface area (Å²) in [6.07, 6.45) is -5.02. The minimum atomic E-state index is -4.77. The van der Waals surface area contributed by atoms with Crippen molar-refractivity contribution in [3.05, 3.63) is 0 Å². The summed E-state index contributed by atoms with van der Waals surface area (Å²) in [5.41, 5.74) is 0. The molecule has 5 N–H and O–H groups in total. The molecule has 8 nitrogen and oxygen atoms in total. The summed E-state index contributed by atoms with van der Waals surface area (Å²) >= 11 is 0. The van der Waals surface area contributed by atoms with Crippen LogP contribution in [0.4, 0.5) is 0 Å². The highest BCUT2D eigenvalue weighted by Gasteiger charge is 2.42. The van der Waals surface area contributed by atoms with Gasteiger partial charge in [0.1, 0.15) is 24.4 Å². The Morgan fingerprint density at radius 3 is 2.40 bits per heavy atom. The molecule has 0 unspecified atom stereocenters. The minimum absolute atomic E-state index is 0.174. The number of phosphoric acid groups is 1. The fourth-order valence-electron chi connectivity index (χ4n) is 1.33. The van der Waals surface area contributed by atoms with Crippen molar-refractivity contribution in [3.8, 4) is 0 Å². The van der Waals surface area contributed by atoms with E-state index < -0.39 is 38.8 Å². The highest BCUT2D eigenvalue weighted by Crippen LogP contribution is 2.39. The van der Waals surface area contributed by atoms with E-state index in [9.17, 15) is 9.67 Å². The Kier molecular flexibility index (Phi) is 4.21. The number of hydrogen-bond acceptors (Lipinski definition) is 6. The summed E-state index contributed by atoms with van der Waals surface area (Å²) in [7, 11) is -4.77. The maximum atomic E-state index is 10.5. The molecule has 1 saturated heterocycles. The molecule has 0 aromatic heterocycles. The van der Waals surface area contributed by atoms with Gasteiger partial charge in [0.05, 0.1) is 13.2 Å². The molecule has 1 heterocycles. The highest BCUT2D eigenvalue weighted by atomic mass is 31.2. The van der Waals surface area contributed by atoms with E-state index in [0.29, 0.717) is 0 Å². The SMILES string of the molecule is O=P(O)(O)O[C@H](CO)[C@H]1OC[C@H](O)[C@H]1O. The van der Waals surface area contributed by atoms with Crippen LogP contribution < -0.4 is 0 Å². The van der Waals surface area contributed by atoms with E-state index in [1.807, 2.05) is 0 Å². The molecule has 9 heteroatoms. The third-order valence-corrected chi connectivity index (χ3v) is 2.55. The second-order valence-electron chi connectivity index (χ2n) is 3.17. The first-order valence-corrected chi connectivity index (χ1v) is 5.70. The first-order valence-electron chi connectivity index (χ1n) is 4.17. The summed E-state index contributed by atoms with van der Waals surface area (Å²) in [5.74, 6) is 0. The summed E-state index contributed by atoms with van der Waals surface area (Å²) in [6.45, 7) is -0.910. The summed E-state index contributed by atoms with van der Waals surface area (Å²) in [5, 5.41) is 27.3. The van der Waals surface area contributed by atoms with E-state index in [0.717, 1.165) is 0 Å². The largest absolute Gasteiger partial charge is 0.470 e. The molecule has 0 spiro atoms. The van der Waals surface area contributed by atoms with Crippen molar-refractivity contribution in [2.24, 2.45) is 0 Å². The fourth-order valence-corrected chi connectivity index (χ4v) is 1.87. The van der Waals surface area contributed by atoms with E-state index >= 15 is 0 Å². The van der Waals surface area contributed by atoms with E-state index in [1.54, 1.807) is 0 Å². The van der Waals surface area contributed by atoms with Crippen molar-refractivity contribution in [1.29, 1.82) is 0 Å². The van der Waals surface area contributed by atoms with Gasteiger partial charge in [-0.15, -0.1) is 0 Å². The van der Waals surface area contributed by atoms with Crippen LogP contribution in [0.15, 0.2) is 0 Å². The fraction of sp³-hybridized carbons (Fsp3) is 1.00. The monoisotopic (exact) mass is 244 g/mol. The van der Waals surface area contributed by atoms with Crippen LogP contribution in [0.1, 0.15) is 0 Å². The molecule has 90 valence electrons. The molecule has 15 heavy (non-hydrogen) atoms. The number of phosphoric ester groups is 1. The Balaban J connectivity index is 2.63. The first-order chi connectivity index (χ1) is 6.85. The molecule has 0 aliphatic carbocycles. The number of rotatable bonds is 4. The molecule has 0 bridgehead atoms. The lowest BCUT2D eigenvalue weighted by Crippen LogP contribution is -2.41. The maximum absolute atomic E-state index is 10.5. The van der Waals surface area contributed by atoms with Crippen molar-refractivity contribution < 1.29 is 38.9 Å². The maximum Gasteiger partial charge on any atom is 0.470 e. The van der Waals surface area contributed by atoms with Crippen molar-refractivity contribution in [3.63, 3.8) is 0 Å². The Bertz CT molecular complexity index is 252. The minimum Gasteiger partial charge on any atom is -0.394 e. The molecule has 0 amide bonds. The zero-order valence-corrected chi connectivity index (χ0v) is 8.53. The Hall–Kier alpha value is -0.0500. The molecule has 1 rings (SSSR count). The lowest BCUT2D eigenvalue weighted by atomic mass is 10.1. The van der Waals surface area contributed by atoms with Crippen LogP contribution in [0, 0.1) is 0 Å². The molecule has 0 aromatic carbocycles. The number of aliphatic hydroxyl groups excluding tert-OH is 3. The van der Waals surface area contributed by atoms with E-state index in [2.05, 4.69) is 4.52 Å². The normalized spacial score (nSPS) is 34.3. The van der Waals surface area contributed by atoms with Crippen LogP contribution in [0.25, 0.3) is 0 Å². The van der Waals surface area contributed by atoms with Crippen LogP contribution in [0.5, 0.6) is 0 Å². The topological polar surface area (TPSA) is 137 Å². The van der Waals surface area contributed by atoms with Gasteiger partial charge in [0.15, 0.2) is 0 Å². The number of hydrogen-bond donors (Lipinski definition) is 5.